The normalized spacial score (nSPS) is 30.7. The molecule has 0 radical (unpaired) electrons. The number of hydrogen-bond acceptors (Lipinski definition) is 3. The minimum atomic E-state index is -0.933. The molecule has 1 saturated carbocycles. The van der Waals surface area contributed by atoms with Crippen LogP contribution in [0.2, 0.25) is 0 Å². The van der Waals surface area contributed by atoms with Gasteiger partial charge in [-0.3, -0.25) is 4.79 Å². The van der Waals surface area contributed by atoms with Gasteiger partial charge in [0.1, 0.15) is 11.5 Å². The maximum Gasteiger partial charge on any atom is 0.150 e. The molecule has 3 atom stereocenters. The maximum atomic E-state index is 13.5. The van der Waals surface area contributed by atoms with Crippen molar-refractivity contribution in [2.45, 2.75) is 43.6 Å². The molecule has 4 rings (SSSR count). The number of aliphatic hydroxyl groups is 1. The van der Waals surface area contributed by atoms with E-state index in [2.05, 4.69) is 18.2 Å². The van der Waals surface area contributed by atoms with E-state index in [-0.39, 0.29) is 11.7 Å². The molecular formula is C22H24O3. The van der Waals surface area contributed by atoms with Gasteiger partial charge in [-0.05, 0) is 61.4 Å². The van der Waals surface area contributed by atoms with Gasteiger partial charge < -0.3 is 9.84 Å². The molecule has 25 heavy (non-hydrogen) atoms. The molecule has 2 aromatic carbocycles. The van der Waals surface area contributed by atoms with Gasteiger partial charge >= 0.3 is 0 Å². The standard InChI is InChI=1S/C22H24O3/c1-21(24)10-11-22(14-15-6-4-3-5-7-15)18-9-8-17(25-2)12-16(18)13-19(21)20(22)23/h3-9,12,19,24H,10-11,13-14H2,1-2H3/t19-,21?,22-/m1/s1. The van der Waals surface area contributed by atoms with Crippen LogP contribution in [0.1, 0.15) is 36.5 Å². The summed E-state index contributed by atoms with van der Waals surface area (Å²) >= 11 is 0. The number of rotatable bonds is 3. The maximum absolute atomic E-state index is 13.5. The van der Waals surface area contributed by atoms with Crippen LogP contribution >= 0.6 is 0 Å². The monoisotopic (exact) mass is 336 g/mol. The third-order valence-electron chi connectivity index (χ3n) is 6.20. The number of Topliss-reactive ketones (excluding diaryl/α,β-unsaturated/α-hetero) is 1. The van der Waals surface area contributed by atoms with Crippen LogP contribution < -0.4 is 4.74 Å². The number of carbonyl (C=O) groups is 1. The van der Waals surface area contributed by atoms with Crippen molar-refractivity contribution < 1.29 is 14.6 Å². The van der Waals surface area contributed by atoms with Crippen molar-refractivity contribution in [1.82, 2.24) is 0 Å². The summed E-state index contributed by atoms with van der Waals surface area (Å²) < 4.78 is 5.39. The highest BCUT2D eigenvalue weighted by Gasteiger charge is 2.56. The number of fused-ring (bicyclic) bond motifs is 4. The first-order valence-corrected chi connectivity index (χ1v) is 8.94. The summed E-state index contributed by atoms with van der Waals surface area (Å²) in [6, 6.07) is 16.3. The average Bonchev–Trinajstić information content (AvgIpc) is 2.61. The lowest BCUT2D eigenvalue weighted by molar-refractivity contribution is -0.146. The molecule has 3 nitrogen and oxygen atoms in total. The highest BCUT2D eigenvalue weighted by atomic mass is 16.5. The van der Waals surface area contributed by atoms with Crippen LogP contribution in [0.5, 0.6) is 5.75 Å². The van der Waals surface area contributed by atoms with E-state index in [0.29, 0.717) is 25.7 Å². The van der Waals surface area contributed by atoms with E-state index in [1.165, 1.54) is 5.56 Å². The Morgan fingerprint density at radius 3 is 2.64 bits per heavy atom. The lowest BCUT2D eigenvalue weighted by atomic mass is 9.53. The number of ketones is 1. The Morgan fingerprint density at radius 1 is 1.16 bits per heavy atom. The average molecular weight is 336 g/mol. The van der Waals surface area contributed by atoms with E-state index in [9.17, 15) is 9.90 Å². The molecule has 0 saturated heterocycles. The lowest BCUT2D eigenvalue weighted by Crippen LogP contribution is -2.58. The fourth-order valence-corrected chi connectivity index (χ4v) is 4.73. The summed E-state index contributed by atoms with van der Waals surface area (Å²) in [6.07, 6.45) is 2.62. The van der Waals surface area contributed by atoms with Crippen LogP contribution in [0.25, 0.3) is 0 Å². The molecule has 2 aliphatic carbocycles. The van der Waals surface area contributed by atoms with E-state index in [0.717, 1.165) is 16.9 Å². The van der Waals surface area contributed by atoms with Crippen LogP contribution in [-0.2, 0) is 23.1 Å². The van der Waals surface area contributed by atoms with Gasteiger partial charge in [0.05, 0.1) is 24.0 Å². The first kappa shape index (κ1) is 16.3. The van der Waals surface area contributed by atoms with Gasteiger partial charge in [-0.2, -0.15) is 0 Å². The van der Waals surface area contributed by atoms with Crippen molar-refractivity contribution in [3.8, 4) is 5.75 Å². The van der Waals surface area contributed by atoms with E-state index in [1.807, 2.05) is 37.3 Å². The predicted octanol–water partition coefficient (Wildman–Crippen LogP) is 3.46. The molecule has 0 amide bonds. The predicted molar refractivity (Wildman–Crippen MR) is 96.9 cm³/mol. The zero-order valence-corrected chi connectivity index (χ0v) is 14.8. The molecule has 2 aromatic rings. The van der Waals surface area contributed by atoms with Crippen LogP contribution in [0.4, 0.5) is 0 Å². The molecule has 0 aromatic heterocycles. The topological polar surface area (TPSA) is 46.5 Å². The van der Waals surface area contributed by atoms with Gasteiger partial charge in [-0.25, -0.2) is 0 Å². The van der Waals surface area contributed by atoms with Crippen molar-refractivity contribution in [2.75, 3.05) is 7.11 Å². The number of ether oxygens (including phenoxy) is 1. The lowest BCUT2D eigenvalue weighted by Gasteiger charge is -2.51. The van der Waals surface area contributed by atoms with Crippen LogP contribution in [-0.4, -0.2) is 23.6 Å². The Kier molecular flexibility index (Phi) is 3.73. The minimum Gasteiger partial charge on any atom is -0.497 e. The van der Waals surface area contributed by atoms with Crippen LogP contribution in [0.15, 0.2) is 48.5 Å². The summed E-state index contributed by atoms with van der Waals surface area (Å²) in [5.41, 5.74) is 1.96. The Bertz CT molecular complexity index is 809. The van der Waals surface area contributed by atoms with E-state index < -0.39 is 11.0 Å². The van der Waals surface area contributed by atoms with Gasteiger partial charge in [0, 0.05) is 0 Å². The molecule has 130 valence electrons. The Hall–Kier alpha value is -2.13. The molecule has 1 unspecified atom stereocenters. The highest BCUT2D eigenvalue weighted by molar-refractivity contribution is 5.96. The summed E-state index contributed by atoms with van der Waals surface area (Å²) in [6.45, 7) is 1.81. The fraction of sp³-hybridized carbons (Fsp3) is 0.409. The third-order valence-corrected chi connectivity index (χ3v) is 6.20. The second-order valence-corrected chi connectivity index (χ2v) is 7.75. The van der Waals surface area contributed by atoms with Gasteiger partial charge in [0.25, 0.3) is 0 Å². The molecule has 1 N–H and O–H groups in total. The molecule has 1 fully saturated rings. The molecule has 2 bridgehead atoms. The number of carbonyl (C=O) groups excluding carboxylic acids is 1. The van der Waals surface area contributed by atoms with E-state index in [1.54, 1.807) is 7.11 Å². The quantitative estimate of drug-likeness (QED) is 0.934. The molecule has 3 heteroatoms. The van der Waals surface area contributed by atoms with Gasteiger partial charge in [0.15, 0.2) is 0 Å². The Labute approximate surface area is 148 Å². The largest absolute Gasteiger partial charge is 0.497 e. The summed E-state index contributed by atoms with van der Waals surface area (Å²) in [7, 11) is 1.66. The first-order valence-electron chi connectivity index (χ1n) is 8.94. The number of methoxy groups -OCH3 is 1. The summed E-state index contributed by atoms with van der Waals surface area (Å²) in [5, 5.41) is 10.8. The van der Waals surface area contributed by atoms with Gasteiger partial charge in [0.2, 0.25) is 0 Å². The molecule has 2 aliphatic rings. The van der Waals surface area contributed by atoms with Gasteiger partial charge in [-0.1, -0.05) is 36.4 Å². The van der Waals surface area contributed by atoms with Crippen molar-refractivity contribution in [3.63, 3.8) is 0 Å². The van der Waals surface area contributed by atoms with E-state index >= 15 is 0 Å². The van der Waals surface area contributed by atoms with Crippen LogP contribution in [0, 0.1) is 5.92 Å². The molecule has 0 spiro atoms. The second kappa shape index (κ2) is 5.70. The van der Waals surface area contributed by atoms with Crippen molar-refractivity contribution in [3.05, 3.63) is 65.2 Å². The number of hydrogen-bond donors (Lipinski definition) is 1. The molecule has 0 aliphatic heterocycles. The van der Waals surface area contributed by atoms with Crippen molar-refractivity contribution in [2.24, 2.45) is 5.92 Å². The summed E-state index contributed by atoms with van der Waals surface area (Å²) in [4.78, 5) is 13.5. The zero-order chi connectivity index (χ0) is 17.7. The summed E-state index contributed by atoms with van der Waals surface area (Å²) in [5.74, 6) is 0.663. The SMILES string of the molecule is COc1ccc2c(c1)C[C@@H]1C(=O)[C@@]2(Cc2ccccc2)CCC1(C)O. The zero-order valence-electron chi connectivity index (χ0n) is 14.8. The molecule has 0 heterocycles. The Morgan fingerprint density at radius 2 is 1.92 bits per heavy atom. The Balaban J connectivity index is 1.87. The van der Waals surface area contributed by atoms with Crippen molar-refractivity contribution in [1.29, 1.82) is 0 Å². The number of benzene rings is 2. The van der Waals surface area contributed by atoms with Crippen LogP contribution in [0.3, 0.4) is 0 Å². The smallest absolute Gasteiger partial charge is 0.150 e. The van der Waals surface area contributed by atoms with Gasteiger partial charge in [-0.15, -0.1) is 0 Å². The minimum absolute atomic E-state index is 0.199. The third kappa shape index (κ3) is 2.49. The highest BCUT2D eigenvalue weighted by Crippen LogP contribution is 2.51. The second-order valence-electron chi connectivity index (χ2n) is 7.75. The fourth-order valence-electron chi connectivity index (χ4n) is 4.73. The van der Waals surface area contributed by atoms with Crippen molar-refractivity contribution >= 4 is 5.78 Å². The molecular weight excluding hydrogens is 312 g/mol. The first-order chi connectivity index (χ1) is 12.0. The van der Waals surface area contributed by atoms with E-state index in [4.69, 9.17) is 4.74 Å².